The summed E-state index contributed by atoms with van der Waals surface area (Å²) >= 11 is 3.27. The first-order chi connectivity index (χ1) is 6.16. The average Bonchev–Trinajstić information content (AvgIpc) is 2.58. The van der Waals surface area contributed by atoms with Gasteiger partial charge in [0.25, 0.3) is 0 Å². The Hall–Kier alpha value is -0.880. The van der Waals surface area contributed by atoms with E-state index in [9.17, 15) is 4.79 Å². The number of carbonyl (C=O) groups excluding carboxylic acids is 1. The van der Waals surface area contributed by atoms with Gasteiger partial charge in [-0.05, 0) is 22.0 Å². The molecule has 2 heterocycles. The lowest BCUT2D eigenvalue weighted by Gasteiger charge is -2.09. The molecule has 1 aliphatic heterocycles. The van der Waals surface area contributed by atoms with Gasteiger partial charge < -0.3 is 5.32 Å². The number of aryl methyl sites for hydroxylation is 1. The van der Waals surface area contributed by atoms with Crippen LogP contribution in [0.5, 0.6) is 0 Å². The molecule has 2 N–H and O–H groups in total. The van der Waals surface area contributed by atoms with Crippen LogP contribution in [0.2, 0.25) is 0 Å². The van der Waals surface area contributed by atoms with Crippen molar-refractivity contribution in [1.29, 1.82) is 0 Å². The minimum absolute atomic E-state index is 0.0160. The van der Waals surface area contributed by atoms with Crippen LogP contribution in [-0.2, 0) is 11.8 Å². The molecule has 1 aromatic heterocycles. The average molecular weight is 245 g/mol. The van der Waals surface area contributed by atoms with Crippen molar-refractivity contribution in [1.82, 2.24) is 20.4 Å². The topological polar surface area (TPSA) is 59.0 Å². The van der Waals surface area contributed by atoms with Crippen LogP contribution in [0.25, 0.3) is 0 Å². The Kier molecular flexibility index (Phi) is 2.09. The van der Waals surface area contributed by atoms with E-state index in [-0.39, 0.29) is 12.1 Å². The number of hydrogen-bond donors (Lipinski definition) is 2. The highest BCUT2D eigenvalue weighted by atomic mass is 79.9. The first-order valence-corrected chi connectivity index (χ1v) is 4.68. The lowest BCUT2D eigenvalue weighted by atomic mass is 10.3. The summed E-state index contributed by atoms with van der Waals surface area (Å²) in [4.78, 5) is 10.9. The van der Waals surface area contributed by atoms with E-state index in [0.29, 0.717) is 6.54 Å². The molecular weight excluding hydrogens is 236 g/mol. The van der Waals surface area contributed by atoms with Gasteiger partial charge in [0, 0.05) is 7.05 Å². The van der Waals surface area contributed by atoms with Crippen LogP contribution in [0.4, 0.5) is 0 Å². The lowest BCUT2D eigenvalue weighted by molar-refractivity contribution is -0.118. The monoisotopic (exact) mass is 244 g/mol. The van der Waals surface area contributed by atoms with Crippen molar-refractivity contribution in [2.24, 2.45) is 7.05 Å². The standard InChI is InChI=1S/C7H9BrN4O/c1-12-4(2-5(8)11-12)7-9-3-6(13)10-7/h2,7,9H,3H2,1H3,(H,10,13). The Bertz CT molecular complexity index is 348. The van der Waals surface area contributed by atoms with Crippen molar-refractivity contribution < 1.29 is 4.79 Å². The van der Waals surface area contributed by atoms with E-state index in [1.807, 2.05) is 13.1 Å². The third kappa shape index (κ3) is 1.59. The number of rotatable bonds is 1. The zero-order valence-corrected chi connectivity index (χ0v) is 8.63. The van der Waals surface area contributed by atoms with Gasteiger partial charge in [0.2, 0.25) is 5.91 Å². The zero-order chi connectivity index (χ0) is 9.42. The van der Waals surface area contributed by atoms with Gasteiger partial charge in [-0.1, -0.05) is 0 Å². The molecule has 0 saturated carbocycles. The van der Waals surface area contributed by atoms with Crippen molar-refractivity contribution >= 4 is 21.8 Å². The second-order valence-electron chi connectivity index (χ2n) is 2.90. The Balaban J connectivity index is 2.25. The molecule has 1 saturated heterocycles. The number of nitrogens with one attached hydrogen (secondary N) is 2. The van der Waals surface area contributed by atoms with Crippen molar-refractivity contribution in [2.75, 3.05) is 6.54 Å². The molecule has 70 valence electrons. The van der Waals surface area contributed by atoms with Gasteiger partial charge in [0.1, 0.15) is 10.8 Å². The molecule has 0 aromatic carbocycles. The quantitative estimate of drug-likeness (QED) is 0.726. The van der Waals surface area contributed by atoms with Gasteiger partial charge in [-0.3, -0.25) is 14.8 Å². The van der Waals surface area contributed by atoms with Crippen molar-refractivity contribution in [3.8, 4) is 0 Å². The number of amides is 1. The fourth-order valence-corrected chi connectivity index (χ4v) is 1.82. The first-order valence-electron chi connectivity index (χ1n) is 3.89. The van der Waals surface area contributed by atoms with Crippen molar-refractivity contribution in [2.45, 2.75) is 6.17 Å². The Labute approximate surface area is 83.6 Å². The zero-order valence-electron chi connectivity index (χ0n) is 7.04. The molecule has 1 unspecified atom stereocenters. The van der Waals surface area contributed by atoms with E-state index in [0.717, 1.165) is 10.3 Å². The number of halogens is 1. The van der Waals surface area contributed by atoms with Gasteiger partial charge in [-0.15, -0.1) is 0 Å². The molecule has 0 bridgehead atoms. The molecule has 0 spiro atoms. The SMILES string of the molecule is Cn1nc(Br)cc1C1NCC(=O)N1. The third-order valence-corrected chi connectivity index (χ3v) is 2.34. The summed E-state index contributed by atoms with van der Waals surface area (Å²) in [7, 11) is 1.84. The maximum absolute atomic E-state index is 10.9. The van der Waals surface area contributed by atoms with Crippen LogP contribution >= 0.6 is 15.9 Å². The fraction of sp³-hybridized carbons (Fsp3) is 0.429. The largest absolute Gasteiger partial charge is 0.334 e. The summed E-state index contributed by atoms with van der Waals surface area (Å²) in [5, 5.41) is 9.95. The summed E-state index contributed by atoms with van der Waals surface area (Å²) in [6, 6.07) is 1.88. The van der Waals surface area contributed by atoms with Gasteiger partial charge >= 0.3 is 0 Å². The van der Waals surface area contributed by atoms with Crippen LogP contribution in [0.15, 0.2) is 10.7 Å². The summed E-state index contributed by atoms with van der Waals surface area (Å²) < 4.78 is 2.50. The van der Waals surface area contributed by atoms with E-state index in [4.69, 9.17) is 0 Å². The molecule has 5 nitrogen and oxygen atoms in total. The maximum Gasteiger partial charge on any atom is 0.235 e. The highest BCUT2D eigenvalue weighted by molar-refractivity contribution is 9.10. The predicted octanol–water partition coefficient (Wildman–Crippen LogP) is -0.0994. The van der Waals surface area contributed by atoms with E-state index < -0.39 is 0 Å². The van der Waals surface area contributed by atoms with Gasteiger partial charge in [0.05, 0.1) is 12.2 Å². The second kappa shape index (κ2) is 3.12. The minimum Gasteiger partial charge on any atom is -0.334 e. The molecule has 1 aliphatic rings. The Morgan fingerprint density at radius 3 is 3.00 bits per heavy atom. The molecule has 13 heavy (non-hydrogen) atoms. The van der Waals surface area contributed by atoms with Crippen LogP contribution in [0.3, 0.4) is 0 Å². The number of nitrogens with zero attached hydrogens (tertiary/aromatic N) is 2. The molecule has 0 radical (unpaired) electrons. The summed E-state index contributed by atoms with van der Waals surface area (Å²) in [6.07, 6.45) is -0.115. The predicted molar refractivity (Wildman–Crippen MR) is 49.8 cm³/mol. The molecule has 1 fully saturated rings. The minimum atomic E-state index is -0.115. The molecular formula is C7H9BrN4O. The first kappa shape index (κ1) is 8.71. The van der Waals surface area contributed by atoms with E-state index in [2.05, 4.69) is 31.7 Å². The van der Waals surface area contributed by atoms with E-state index in [1.165, 1.54) is 0 Å². The highest BCUT2D eigenvalue weighted by Crippen LogP contribution is 2.16. The smallest absolute Gasteiger partial charge is 0.235 e. The number of carbonyl (C=O) groups is 1. The third-order valence-electron chi connectivity index (χ3n) is 1.95. The molecule has 2 rings (SSSR count). The van der Waals surface area contributed by atoms with E-state index in [1.54, 1.807) is 4.68 Å². The molecule has 1 atom stereocenters. The van der Waals surface area contributed by atoms with Crippen LogP contribution in [0.1, 0.15) is 11.9 Å². The van der Waals surface area contributed by atoms with Crippen LogP contribution < -0.4 is 10.6 Å². The molecule has 6 heteroatoms. The van der Waals surface area contributed by atoms with Crippen LogP contribution in [-0.4, -0.2) is 22.2 Å². The van der Waals surface area contributed by atoms with Crippen molar-refractivity contribution in [3.05, 3.63) is 16.4 Å². The number of aromatic nitrogens is 2. The summed E-state index contributed by atoms with van der Waals surface area (Å²) in [5.74, 6) is 0.0160. The molecule has 0 aliphatic carbocycles. The van der Waals surface area contributed by atoms with Gasteiger partial charge in [-0.25, -0.2) is 0 Å². The van der Waals surface area contributed by atoms with Crippen molar-refractivity contribution in [3.63, 3.8) is 0 Å². The van der Waals surface area contributed by atoms with Gasteiger partial charge in [-0.2, -0.15) is 5.10 Å². The molecule has 1 amide bonds. The normalized spacial score (nSPS) is 22.0. The Morgan fingerprint density at radius 2 is 2.54 bits per heavy atom. The lowest BCUT2D eigenvalue weighted by Crippen LogP contribution is -2.25. The summed E-state index contributed by atoms with van der Waals surface area (Å²) in [6.45, 7) is 0.369. The Morgan fingerprint density at radius 1 is 1.77 bits per heavy atom. The van der Waals surface area contributed by atoms with Crippen LogP contribution in [0, 0.1) is 0 Å². The van der Waals surface area contributed by atoms with E-state index >= 15 is 0 Å². The highest BCUT2D eigenvalue weighted by Gasteiger charge is 2.24. The summed E-state index contributed by atoms with van der Waals surface area (Å²) in [5.41, 5.74) is 0.942. The maximum atomic E-state index is 10.9. The number of hydrogen-bond acceptors (Lipinski definition) is 3. The molecule has 1 aromatic rings. The van der Waals surface area contributed by atoms with Gasteiger partial charge in [0.15, 0.2) is 0 Å². The second-order valence-corrected chi connectivity index (χ2v) is 3.71. The fourth-order valence-electron chi connectivity index (χ4n) is 1.35.